The van der Waals surface area contributed by atoms with Crippen LogP contribution in [-0.2, 0) is 4.79 Å². The number of aromatic nitrogens is 2. The average Bonchev–Trinajstić information content (AvgIpc) is 2.77. The molecule has 2 heterocycles. The van der Waals surface area contributed by atoms with Gasteiger partial charge >= 0.3 is 5.69 Å². The van der Waals surface area contributed by atoms with Gasteiger partial charge in [-0.2, -0.15) is 0 Å². The molecule has 13 nitrogen and oxygen atoms in total. The SMILES string of the molecule is O=C(NC(CO)C(=O)N1CCN(c2ccc([N+](=O)[O-])cc2)CC1)c1c[nH]c(=O)[nH]c1=O. The molecule has 0 spiro atoms. The largest absolute Gasteiger partial charge is 0.394 e. The molecule has 2 amide bonds. The van der Waals surface area contributed by atoms with Crippen LogP contribution in [0.4, 0.5) is 11.4 Å². The first-order chi connectivity index (χ1) is 14.8. The number of hydrogen-bond donors (Lipinski definition) is 4. The number of nitro benzene ring substituents is 1. The van der Waals surface area contributed by atoms with Crippen molar-refractivity contribution in [2.75, 3.05) is 37.7 Å². The molecule has 1 atom stereocenters. The number of non-ortho nitro benzene ring substituents is 1. The molecule has 1 saturated heterocycles. The van der Waals surface area contributed by atoms with Gasteiger partial charge in [-0.15, -0.1) is 0 Å². The molecule has 1 unspecified atom stereocenters. The predicted molar refractivity (Wildman–Crippen MR) is 108 cm³/mol. The number of rotatable bonds is 6. The fourth-order valence-electron chi connectivity index (χ4n) is 3.19. The van der Waals surface area contributed by atoms with Crippen LogP contribution in [0, 0.1) is 10.1 Å². The Morgan fingerprint density at radius 2 is 1.81 bits per heavy atom. The van der Waals surface area contributed by atoms with Crippen molar-refractivity contribution in [1.82, 2.24) is 20.2 Å². The zero-order valence-corrected chi connectivity index (χ0v) is 16.2. The van der Waals surface area contributed by atoms with E-state index in [0.29, 0.717) is 26.2 Å². The monoisotopic (exact) mass is 432 g/mol. The highest BCUT2D eigenvalue weighted by Crippen LogP contribution is 2.20. The van der Waals surface area contributed by atoms with Crippen LogP contribution in [0.3, 0.4) is 0 Å². The molecule has 0 bridgehead atoms. The van der Waals surface area contributed by atoms with E-state index in [4.69, 9.17) is 0 Å². The van der Waals surface area contributed by atoms with Crippen LogP contribution in [0.2, 0.25) is 0 Å². The first kappa shape index (κ1) is 21.7. The van der Waals surface area contributed by atoms with E-state index in [1.165, 1.54) is 17.0 Å². The van der Waals surface area contributed by atoms with Crippen LogP contribution in [0.25, 0.3) is 0 Å². The topological polar surface area (TPSA) is 182 Å². The third-order valence-electron chi connectivity index (χ3n) is 4.87. The number of aliphatic hydroxyl groups is 1. The molecule has 13 heteroatoms. The van der Waals surface area contributed by atoms with Gasteiger partial charge in [-0.05, 0) is 12.1 Å². The summed E-state index contributed by atoms with van der Waals surface area (Å²) in [5, 5.41) is 22.6. The Morgan fingerprint density at radius 3 is 2.35 bits per heavy atom. The number of nitro groups is 1. The Morgan fingerprint density at radius 1 is 1.16 bits per heavy atom. The van der Waals surface area contributed by atoms with Crippen molar-refractivity contribution in [2.24, 2.45) is 0 Å². The van der Waals surface area contributed by atoms with Gasteiger partial charge in [0.15, 0.2) is 0 Å². The molecule has 1 fully saturated rings. The smallest absolute Gasteiger partial charge is 0.325 e. The maximum absolute atomic E-state index is 12.7. The number of anilines is 1. The van der Waals surface area contributed by atoms with Gasteiger partial charge in [0.2, 0.25) is 5.91 Å². The van der Waals surface area contributed by atoms with E-state index in [-0.39, 0.29) is 5.69 Å². The summed E-state index contributed by atoms with van der Waals surface area (Å²) >= 11 is 0. The summed E-state index contributed by atoms with van der Waals surface area (Å²) in [6.07, 6.45) is 0.929. The molecule has 1 aliphatic heterocycles. The van der Waals surface area contributed by atoms with Crippen molar-refractivity contribution >= 4 is 23.2 Å². The number of aliphatic hydroxyl groups excluding tert-OH is 1. The molecule has 1 aliphatic rings. The van der Waals surface area contributed by atoms with E-state index >= 15 is 0 Å². The summed E-state index contributed by atoms with van der Waals surface area (Å²) in [6.45, 7) is 0.849. The molecule has 0 radical (unpaired) electrons. The molecule has 4 N–H and O–H groups in total. The van der Waals surface area contributed by atoms with Crippen molar-refractivity contribution in [1.29, 1.82) is 0 Å². The van der Waals surface area contributed by atoms with Crippen LogP contribution in [0.1, 0.15) is 10.4 Å². The standard InChI is InChI=1S/C18H20N6O7/c25-10-14(20-15(26)13-9-19-18(29)21-16(13)27)17(28)23-7-5-22(6-8-23)11-1-3-12(4-2-11)24(30)31/h1-4,9,14,25H,5-8,10H2,(H,20,26)(H2,19,21,27,29). The molecule has 1 aromatic heterocycles. The number of amides is 2. The van der Waals surface area contributed by atoms with Crippen LogP contribution >= 0.6 is 0 Å². The lowest BCUT2D eigenvalue weighted by molar-refractivity contribution is -0.384. The second kappa shape index (κ2) is 9.21. The lowest BCUT2D eigenvalue weighted by Crippen LogP contribution is -2.56. The summed E-state index contributed by atoms with van der Waals surface area (Å²) in [6, 6.07) is 4.82. The third-order valence-corrected chi connectivity index (χ3v) is 4.87. The summed E-state index contributed by atoms with van der Waals surface area (Å²) in [5.41, 5.74) is -1.32. The molecule has 0 saturated carbocycles. The van der Waals surface area contributed by atoms with E-state index in [1.54, 1.807) is 12.1 Å². The highest BCUT2D eigenvalue weighted by Gasteiger charge is 2.29. The normalized spacial score (nSPS) is 14.7. The van der Waals surface area contributed by atoms with E-state index in [0.717, 1.165) is 11.9 Å². The third kappa shape index (κ3) is 4.95. The van der Waals surface area contributed by atoms with Crippen LogP contribution in [-0.4, -0.2) is 75.5 Å². The first-order valence-electron chi connectivity index (χ1n) is 9.32. The van der Waals surface area contributed by atoms with E-state index < -0.39 is 46.2 Å². The van der Waals surface area contributed by atoms with Crippen molar-refractivity contribution in [3.8, 4) is 0 Å². The Balaban J connectivity index is 1.60. The summed E-state index contributed by atoms with van der Waals surface area (Å²) in [7, 11) is 0. The lowest BCUT2D eigenvalue weighted by Gasteiger charge is -2.37. The molecule has 164 valence electrons. The molecule has 0 aliphatic carbocycles. The molecule has 2 aromatic rings. The maximum atomic E-state index is 12.7. The van der Waals surface area contributed by atoms with Crippen LogP contribution in [0.5, 0.6) is 0 Å². The maximum Gasteiger partial charge on any atom is 0.325 e. The Hall–Kier alpha value is -4.00. The predicted octanol–water partition coefficient (Wildman–Crippen LogP) is -1.59. The number of nitrogens with zero attached hydrogens (tertiary/aromatic N) is 3. The van der Waals surface area contributed by atoms with Gasteiger partial charge in [0.05, 0.1) is 11.5 Å². The quantitative estimate of drug-likeness (QED) is 0.311. The van der Waals surface area contributed by atoms with Gasteiger partial charge in [-0.3, -0.25) is 29.5 Å². The second-order valence-electron chi connectivity index (χ2n) is 6.78. The molecule has 1 aromatic carbocycles. The van der Waals surface area contributed by atoms with Gasteiger partial charge in [-0.1, -0.05) is 0 Å². The highest BCUT2D eigenvalue weighted by atomic mass is 16.6. The number of carbonyl (C=O) groups is 2. The van der Waals surface area contributed by atoms with Gasteiger partial charge in [0.1, 0.15) is 11.6 Å². The number of aromatic amines is 2. The van der Waals surface area contributed by atoms with E-state index in [9.17, 15) is 34.4 Å². The van der Waals surface area contributed by atoms with Crippen LogP contribution in [0.15, 0.2) is 40.1 Å². The number of hydrogen-bond acceptors (Lipinski definition) is 8. The van der Waals surface area contributed by atoms with Crippen molar-refractivity contribution in [3.05, 3.63) is 67.0 Å². The second-order valence-corrected chi connectivity index (χ2v) is 6.78. The van der Waals surface area contributed by atoms with Crippen LogP contribution < -0.4 is 21.5 Å². The van der Waals surface area contributed by atoms with Gasteiger partial charge in [0.25, 0.3) is 17.2 Å². The molecule has 3 rings (SSSR count). The number of piperazine rings is 1. The lowest BCUT2D eigenvalue weighted by atomic mass is 10.2. The fraction of sp³-hybridized carbons (Fsp3) is 0.333. The van der Waals surface area contributed by atoms with Gasteiger partial charge in [0, 0.05) is 50.2 Å². The first-order valence-corrected chi connectivity index (χ1v) is 9.32. The van der Waals surface area contributed by atoms with E-state index in [2.05, 4.69) is 10.3 Å². The number of H-pyrrole nitrogens is 2. The number of nitrogens with one attached hydrogen (secondary N) is 3. The fourth-order valence-corrected chi connectivity index (χ4v) is 3.19. The van der Waals surface area contributed by atoms with Crippen molar-refractivity contribution in [2.45, 2.75) is 6.04 Å². The Bertz CT molecular complexity index is 1090. The molecular formula is C18H20N6O7. The Kier molecular flexibility index (Phi) is 6.45. The van der Waals surface area contributed by atoms with Gasteiger partial charge in [-0.25, -0.2) is 4.79 Å². The minimum absolute atomic E-state index is 0.0135. The minimum atomic E-state index is -1.26. The summed E-state index contributed by atoms with van der Waals surface area (Å²) < 4.78 is 0. The van der Waals surface area contributed by atoms with Gasteiger partial charge < -0.3 is 25.2 Å². The molecular weight excluding hydrogens is 412 g/mol. The highest BCUT2D eigenvalue weighted by molar-refractivity contribution is 5.97. The zero-order valence-electron chi connectivity index (χ0n) is 16.2. The average molecular weight is 432 g/mol. The zero-order chi connectivity index (χ0) is 22.5. The molecule has 31 heavy (non-hydrogen) atoms. The van der Waals surface area contributed by atoms with Crippen molar-refractivity contribution < 1.29 is 19.6 Å². The van der Waals surface area contributed by atoms with E-state index in [1.807, 2.05) is 9.88 Å². The number of benzene rings is 1. The summed E-state index contributed by atoms with van der Waals surface area (Å²) in [4.78, 5) is 65.5. The summed E-state index contributed by atoms with van der Waals surface area (Å²) in [5.74, 6) is -1.42. The van der Waals surface area contributed by atoms with Crippen molar-refractivity contribution in [3.63, 3.8) is 0 Å². The minimum Gasteiger partial charge on any atom is -0.394 e. The Labute approximate surface area is 174 Å². The number of carbonyl (C=O) groups excluding carboxylic acids is 2.